The molecule has 0 aliphatic rings. The maximum absolute atomic E-state index is 5.16. The Bertz CT molecular complexity index is 257. The molecule has 87 valence electrons. The van der Waals surface area contributed by atoms with E-state index in [-0.39, 0.29) is 18.6 Å². The van der Waals surface area contributed by atoms with Crippen LogP contribution in [0.15, 0.2) is 36.4 Å². The zero-order valence-corrected chi connectivity index (χ0v) is 12.4. The molecule has 0 saturated heterocycles. The molecule has 0 spiro atoms. The van der Waals surface area contributed by atoms with Gasteiger partial charge in [-0.1, -0.05) is 33.3 Å². The maximum Gasteiger partial charge on any atom is 2.00 e. The fraction of sp³-hybridized carbons (Fsp3) is 0.333. The Balaban J connectivity index is -0.000000305. The zero-order chi connectivity index (χ0) is 12.1. The fourth-order valence-electron chi connectivity index (χ4n) is 0.794. The van der Waals surface area contributed by atoms with E-state index >= 15 is 0 Å². The van der Waals surface area contributed by atoms with Crippen LogP contribution in [-0.4, -0.2) is 0 Å². The Morgan fingerprint density at radius 2 is 1.44 bits per heavy atom. The first-order valence-electron chi connectivity index (χ1n) is 5.53. The summed E-state index contributed by atoms with van der Waals surface area (Å²) in [7, 11) is 0. The number of hydrogen-bond acceptors (Lipinski definition) is 0. The second kappa shape index (κ2) is 16.7. The van der Waals surface area contributed by atoms with Crippen molar-refractivity contribution in [2.24, 2.45) is 0 Å². The Morgan fingerprint density at radius 1 is 1.00 bits per heavy atom. The molecule has 0 bridgehead atoms. The van der Waals surface area contributed by atoms with Crippen molar-refractivity contribution in [3.63, 3.8) is 0 Å². The molecule has 0 heterocycles. The molecule has 1 radical (unpaired) electrons. The first-order chi connectivity index (χ1) is 7.33. The summed E-state index contributed by atoms with van der Waals surface area (Å²) >= 11 is 0. The smallest absolute Gasteiger partial charge is 0.344 e. The third-order valence-corrected chi connectivity index (χ3v) is 1.40. The molecular weight excluding hydrogens is 231 g/mol. The van der Waals surface area contributed by atoms with Crippen molar-refractivity contribution in [1.82, 2.24) is 0 Å². The summed E-state index contributed by atoms with van der Waals surface area (Å²) in [6.45, 7) is 15.2. The quantitative estimate of drug-likeness (QED) is 0.527. The molecule has 1 aromatic carbocycles. The van der Waals surface area contributed by atoms with E-state index in [4.69, 9.17) is 6.58 Å². The van der Waals surface area contributed by atoms with Crippen LogP contribution in [0.25, 0.3) is 0 Å². The van der Waals surface area contributed by atoms with Gasteiger partial charge in [0.2, 0.25) is 0 Å². The van der Waals surface area contributed by atoms with Crippen molar-refractivity contribution in [2.45, 2.75) is 34.6 Å². The fourth-order valence-corrected chi connectivity index (χ4v) is 0.794. The van der Waals surface area contributed by atoms with Gasteiger partial charge in [0.1, 0.15) is 0 Å². The summed E-state index contributed by atoms with van der Waals surface area (Å²) in [5, 5.41) is 0. The molecule has 0 amide bonds. The van der Waals surface area contributed by atoms with E-state index in [0.29, 0.717) is 0 Å². The van der Waals surface area contributed by atoms with Crippen molar-refractivity contribution in [3.05, 3.63) is 60.2 Å². The summed E-state index contributed by atoms with van der Waals surface area (Å²) in [5.41, 5.74) is 2.31. The van der Waals surface area contributed by atoms with E-state index in [0.717, 1.165) is 5.56 Å². The molecule has 0 atom stereocenters. The topological polar surface area (TPSA) is 0 Å². The summed E-state index contributed by atoms with van der Waals surface area (Å²) in [4.78, 5) is 0. The molecule has 0 aliphatic heterocycles. The van der Waals surface area contributed by atoms with Crippen LogP contribution in [0.2, 0.25) is 0 Å². The summed E-state index contributed by atoms with van der Waals surface area (Å²) in [5.74, 6) is 0. The molecule has 1 rings (SSSR count). The van der Waals surface area contributed by atoms with E-state index in [1.165, 1.54) is 11.6 Å². The predicted octanol–water partition coefficient (Wildman–Crippen LogP) is 4.74. The average Bonchev–Trinajstić information content (AvgIpc) is 2.34. The summed E-state index contributed by atoms with van der Waals surface area (Å²) < 4.78 is 0. The number of rotatable bonds is 2. The van der Waals surface area contributed by atoms with E-state index in [1.54, 1.807) is 6.08 Å². The van der Waals surface area contributed by atoms with Gasteiger partial charge in [-0.25, -0.2) is 6.08 Å². The van der Waals surface area contributed by atoms with Crippen molar-refractivity contribution in [2.75, 3.05) is 0 Å². The second-order valence-corrected chi connectivity index (χ2v) is 2.37. The minimum absolute atomic E-state index is 0. The summed E-state index contributed by atoms with van der Waals surface area (Å²) in [6.07, 6.45) is 6.19. The average molecular weight is 253 g/mol. The van der Waals surface area contributed by atoms with Crippen LogP contribution in [0.1, 0.15) is 38.8 Å². The van der Waals surface area contributed by atoms with Gasteiger partial charge in [-0.2, -0.15) is 5.56 Å². The van der Waals surface area contributed by atoms with Crippen LogP contribution in [0, 0.1) is 19.6 Å². The van der Waals surface area contributed by atoms with Gasteiger partial charge in [0.25, 0.3) is 0 Å². The third-order valence-electron chi connectivity index (χ3n) is 1.40. The molecular formula is C15H22V. The standard InChI is InChI=1S/C11H10.2C2H6.V/c1-3-4-5-11-8-6-10(2)7-9-11;2*1-2;/h1,3-4,6-9H,2H3;2*1-2H3;/q-2;;;+2. The van der Waals surface area contributed by atoms with E-state index < -0.39 is 0 Å². The van der Waals surface area contributed by atoms with Crippen LogP contribution in [0.3, 0.4) is 0 Å². The Labute approximate surface area is 113 Å². The Kier molecular flexibility index (Phi) is 21.6. The molecule has 0 unspecified atom stereocenters. The van der Waals surface area contributed by atoms with Crippen LogP contribution < -0.4 is 0 Å². The molecule has 1 heteroatoms. The van der Waals surface area contributed by atoms with Gasteiger partial charge in [0, 0.05) is 0 Å². The summed E-state index contributed by atoms with van der Waals surface area (Å²) in [6, 6.07) is 8.12. The largest absolute Gasteiger partial charge is 2.00 e. The first-order valence-corrected chi connectivity index (χ1v) is 5.53. The molecule has 0 aromatic heterocycles. The zero-order valence-electron chi connectivity index (χ0n) is 11.0. The molecule has 0 N–H and O–H groups in total. The number of allylic oxidation sites excluding steroid dienone is 2. The number of aryl methyl sites for hydroxylation is 1. The molecule has 1 aromatic rings. The van der Waals surface area contributed by atoms with E-state index in [1.807, 2.05) is 52.0 Å². The number of hydrogen-bond donors (Lipinski definition) is 0. The van der Waals surface area contributed by atoms with Gasteiger partial charge in [-0.15, -0.1) is 24.3 Å². The predicted molar refractivity (Wildman–Crippen MR) is 69.7 cm³/mol. The van der Waals surface area contributed by atoms with Gasteiger partial charge >= 0.3 is 18.6 Å². The van der Waals surface area contributed by atoms with Crippen molar-refractivity contribution in [3.8, 4) is 0 Å². The van der Waals surface area contributed by atoms with Gasteiger partial charge < -0.3 is 12.7 Å². The van der Waals surface area contributed by atoms with Crippen LogP contribution in [0.4, 0.5) is 0 Å². The SMILES string of the molecule is CC.CC.[CH-]=CC=[C-]c1ccc(C)cc1.[V+2]. The maximum atomic E-state index is 5.16. The molecule has 0 aliphatic carbocycles. The second-order valence-electron chi connectivity index (χ2n) is 2.37. The van der Waals surface area contributed by atoms with Gasteiger partial charge in [-0.05, 0) is 6.92 Å². The van der Waals surface area contributed by atoms with Crippen LogP contribution in [0.5, 0.6) is 0 Å². The van der Waals surface area contributed by atoms with Gasteiger partial charge in [-0.3, -0.25) is 6.08 Å². The Morgan fingerprint density at radius 3 is 1.81 bits per heavy atom. The number of benzene rings is 1. The minimum atomic E-state index is 0. The van der Waals surface area contributed by atoms with Gasteiger partial charge in [0.15, 0.2) is 0 Å². The first kappa shape index (κ1) is 20.7. The van der Waals surface area contributed by atoms with E-state index in [9.17, 15) is 0 Å². The molecule has 0 nitrogen and oxygen atoms in total. The van der Waals surface area contributed by atoms with Crippen LogP contribution in [-0.2, 0) is 18.6 Å². The minimum Gasteiger partial charge on any atom is -0.344 e. The van der Waals surface area contributed by atoms with Crippen molar-refractivity contribution < 1.29 is 18.6 Å². The Hall–Kier alpha value is -0.716. The van der Waals surface area contributed by atoms with E-state index in [2.05, 4.69) is 13.0 Å². The third kappa shape index (κ3) is 11.4. The molecule has 16 heavy (non-hydrogen) atoms. The van der Waals surface area contributed by atoms with Crippen molar-refractivity contribution in [1.29, 1.82) is 0 Å². The normalized spacial score (nSPS) is 7.81. The monoisotopic (exact) mass is 253 g/mol. The van der Waals surface area contributed by atoms with Crippen molar-refractivity contribution >= 4 is 0 Å². The van der Waals surface area contributed by atoms with Crippen LogP contribution >= 0.6 is 0 Å². The van der Waals surface area contributed by atoms with Gasteiger partial charge in [0.05, 0.1) is 0 Å². The molecule has 0 fully saturated rings. The molecule has 0 saturated carbocycles.